The van der Waals surface area contributed by atoms with E-state index in [4.69, 9.17) is 9.40 Å². The van der Waals surface area contributed by atoms with Crippen LogP contribution in [0.2, 0.25) is 0 Å². The van der Waals surface area contributed by atoms with Crippen molar-refractivity contribution in [2.45, 2.75) is 5.03 Å². The Bertz CT molecular complexity index is 1730. The van der Waals surface area contributed by atoms with Gasteiger partial charge >= 0.3 is 0 Å². The molecule has 0 saturated heterocycles. The SMILES string of the molecule is O=C(CSc1ncnc2ccc(Br)cc12)Nc1ccccc1-c1nc2c(ccc3ccccc32)o1. The van der Waals surface area contributed by atoms with Gasteiger partial charge < -0.3 is 9.73 Å². The molecule has 6 rings (SSSR count). The molecule has 8 heteroatoms. The highest BCUT2D eigenvalue weighted by Crippen LogP contribution is 2.33. The average Bonchev–Trinajstić information content (AvgIpc) is 3.32. The molecule has 6 aromatic rings. The minimum Gasteiger partial charge on any atom is -0.436 e. The maximum atomic E-state index is 12.9. The standard InChI is InChI=1S/C27H17BrN4O2S/c28-17-10-11-21-20(13-17)27(30-15-29-21)35-14-24(33)31-22-8-4-3-7-19(22)26-32-25-18-6-2-1-5-16(18)9-12-23(25)34-26/h1-13,15H,14H2,(H,31,33). The first-order valence-corrected chi connectivity index (χ1v) is 12.6. The summed E-state index contributed by atoms with van der Waals surface area (Å²) in [5.41, 5.74) is 3.71. The first-order valence-electron chi connectivity index (χ1n) is 10.9. The summed E-state index contributed by atoms with van der Waals surface area (Å²) in [6.45, 7) is 0. The topological polar surface area (TPSA) is 80.9 Å². The normalized spacial score (nSPS) is 11.3. The third-order valence-electron chi connectivity index (χ3n) is 5.62. The smallest absolute Gasteiger partial charge is 0.234 e. The number of nitrogens with zero attached hydrogens (tertiary/aromatic N) is 3. The van der Waals surface area contributed by atoms with Gasteiger partial charge in [0, 0.05) is 15.2 Å². The van der Waals surface area contributed by atoms with Crippen LogP contribution in [0, 0.1) is 0 Å². The lowest BCUT2D eigenvalue weighted by atomic mass is 10.1. The molecular formula is C27H17BrN4O2S. The molecule has 0 aliphatic carbocycles. The van der Waals surface area contributed by atoms with E-state index in [9.17, 15) is 4.79 Å². The van der Waals surface area contributed by atoms with Crippen molar-refractivity contribution in [2.75, 3.05) is 11.1 Å². The Labute approximate surface area is 212 Å². The number of carbonyl (C=O) groups is 1. The minimum atomic E-state index is -0.147. The van der Waals surface area contributed by atoms with Crippen LogP contribution in [-0.2, 0) is 4.79 Å². The molecule has 6 nitrogen and oxygen atoms in total. The van der Waals surface area contributed by atoms with Crippen molar-refractivity contribution in [3.8, 4) is 11.5 Å². The highest BCUT2D eigenvalue weighted by Gasteiger charge is 2.16. The molecule has 0 fully saturated rings. The number of para-hydroxylation sites is 1. The van der Waals surface area contributed by atoms with Crippen molar-refractivity contribution in [3.05, 3.63) is 89.7 Å². The van der Waals surface area contributed by atoms with Crippen LogP contribution in [0.15, 0.2) is 99.1 Å². The van der Waals surface area contributed by atoms with E-state index in [1.165, 1.54) is 18.1 Å². The molecule has 0 saturated carbocycles. The van der Waals surface area contributed by atoms with Gasteiger partial charge in [0.2, 0.25) is 11.8 Å². The van der Waals surface area contributed by atoms with Crippen molar-refractivity contribution >= 4 is 72.1 Å². The van der Waals surface area contributed by atoms with E-state index in [2.05, 4.69) is 37.3 Å². The van der Waals surface area contributed by atoms with Gasteiger partial charge in [0.1, 0.15) is 16.9 Å². The van der Waals surface area contributed by atoms with Crippen LogP contribution in [0.1, 0.15) is 0 Å². The maximum absolute atomic E-state index is 12.9. The monoisotopic (exact) mass is 540 g/mol. The summed E-state index contributed by atoms with van der Waals surface area (Å²) in [4.78, 5) is 26.3. The van der Waals surface area contributed by atoms with Gasteiger partial charge in [-0.25, -0.2) is 15.0 Å². The Morgan fingerprint density at radius 1 is 0.943 bits per heavy atom. The molecule has 1 amide bonds. The third kappa shape index (κ3) is 4.26. The number of halogens is 1. The number of oxazole rings is 1. The Morgan fingerprint density at radius 3 is 2.74 bits per heavy atom. The number of rotatable bonds is 5. The number of hydrogen-bond donors (Lipinski definition) is 1. The number of amides is 1. The molecule has 0 atom stereocenters. The fraction of sp³-hybridized carbons (Fsp3) is 0.0370. The van der Waals surface area contributed by atoms with Gasteiger partial charge in [0.15, 0.2) is 5.58 Å². The molecule has 0 aliphatic heterocycles. The Kier molecular flexibility index (Phi) is 5.67. The molecule has 35 heavy (non-hydrogen) atoms. The van der Waals surface area contributed by atoms with Crippen LogP contribution in [-0.4, -0.2) is 26.6 Å². The van der Waals surface area contributed by atoms with Crippen molar-refractivity contribution in [3.63, 3.8) is 0 Å². The molecule has 0 unspecified atom stereocenters. The van der Waals surface area contributed by atoms with Crippen LogP contribution in [0.5, 0.6) is 0 Å². The lowest BCUT2D eigenvalue weighted by molar-refractivity contribution is -0.113. The van der Waals surface area contributed by atoms with E-state index in [0.29, 0.717) is 17.2 Å². The van der Waals surface area contributed by atoms with Gasteiger partial charge in [-0.15, -0.1) is 0 Å². The molecule has 4 aromatic carbocycles. The van der Waals surface area contributed by atoms with Crippen LogP contribution >= 0.6 is 27.7 Å². The zero-order valence-corrected chi connectivity index (χ0v) is 20.6. The Morgan fingerprint density at radius 2 is 1.80 bits per heavy atom. The van der Waals surface area contributed by atoms with E-state index >= 15 is 0 Å². The van der Waals surface area contributed by atoms with Gasteiger partial charge in [0.05, 0.1) is 22.5 Å². The Hall–Kier alpha value is -3.75. The molecular weight excluding hydrogens is 524 g/mol. The summed E-state index contributed by atoms with van der Waals surface area (Å²) < 4.78 is 7.02. The predicted molar refractivity (Wildman–Crippen MR) is 144 cm³/mol. The van der Waals surface area contributed by atoms with Gasteiger partial charge in [0.25, 0.3) is 0 Å². The number of nitrogens with one attached hydrogen (secondary N) is 1. The average molecular weight is 541 g/mol. The molecule has 0 bridgehead atoms. The van der Waals surface area contributed by atoms with E-state index in [-0.39, 0.29) is 11.7 Å². The second kappa shape index (κ2) is 9.13. The quantitative estimate of drug-likeness (QED) is 0.186. The van der Waals surface area contributed by atoms with Crippen LogP contribution < -0.4 is 5.32 Å². The van der Waals surface area contributed by atoms with Gasteiger partial charge in [-0.3, -0.25) is 4.79 Å². The van der Waals surface area contributed by atoms with Crippen molar-refractivity contribution in [1.29, 1.82) is 0 Å². The molecule has 0 radical (unpaired) electrons. The highest BCUT2D eigenvalue weighted by molar-refractivity contribution is 9.10. The highest BCUT2D eigenvalue weighted by atomic mass is 79.9. The minimum absolute atomic E-state index is 0.147. The molecule has 170 valence electrons. The van der Waals surface area contributed by atoms with E-state index in [1.54, 1.807) is 0 Å². The number of carbonyl (C=O) groups excluding carboxylic acids is 1. The summed E-state index contributed by atoms with van der Waals surface area (Å²) in [7, 11) is 0. The lowest BCUT2D eigenvalue weighted by Gasteiger charge is -2.09. The third-order valence-corrected chi connectivity index (χ3v) is 7.11. The van der Waals surface area contributed by atoms with E-state index < -0.39 is 0 Å². The van der Waals surface area contributed by atoms with Crippen LogP contribution in [0.4, 0.5) is 5.69 Å². The lowest BCUT2D eigenvalue weighted by Crippen LogP contribution is -2.14. The van der Waals surface area contributed by atoms with Crippen molar-refractivity contribution in [2.24, 2.45) is 0 Å². The zero-order chi connectivity index (χ0) is 23.8. The van der Waals surface area contributed by atoms with Gasteiger partial charge in [-0.2, -0.15) is 0 Å². The summed E-state index contributed by atoms with van der Waals surface area (Å²) in [5.74, 6) is 0.517. The fourth-order valence-electron chi connectivity index (χ4n) is 4.00. The summed E-state index contributed by atoms with van der Waals surface area (Å²) in [5, 5.41) is 6.79. The summed E-state index contributed by atoms with van der Waals surface area (Å²) >= 11 is 4.86. The predicted octanol–water partition coefficient (Wildman–Crippen LogP) is 7.08. The Balaban J connectivity index is 1.26. The molecule has 2 aromatic heterocycles. The summed E-state index contributed by atoms with van der Waals surface area (Å²) in [6.07, 6.45) is 1.52. The number of anilines is 1. The molecule has 0 spiro atoms. The first-order chi connectivity index (χ1) is 17.2. The number of hydrogen-bond acceptors (Lipinski definition) is 6. The van der Waals surface area contributed by atoms with E-state index in [1.807, 2.05) is 72.8 Å². The van der Waals surface area contributed by atoms with Gasteiger partial charge in [-0.1, -0.05) is 70.2 Å². The van der Waals surface area contributed by atoms with Crippen LogP contribution in [0.3, 0.4) is 0 Å². The first kappa shape index (κ1) is 21.8. The number of benzene rings is 4. The largest absolute Gasteiger partial charge is 0.436 e. The molecule has 2 heterocycles. The van der Waals surface area contributed by atoms with E-state index in [0.717, 1.165) is 42.3 Å². The van der Waals surface area contributed by atoms with Crippen LogP contribution in [0.25, 0.3) is 44.2 Å². The van der Waals surface area contributed by atoms with Crippen molar-refractivity contribution in [1.82, 2.24) is 15.0 Å². The maximum Gasteiger partial charge on any atom is 0.234 e. The number of thioether (sulfide) groups is 1. The number of fused-ring (bicyclic) bond motifs is 4. The summed E-state index contributed by atoms with van der Waals surface area (Å²) in [6, 6.07) is 25.4. The fourth-order valence-corrected chi connectivity index (χ4v) is 5.14. The van der Waals surface area contributed by atoms with Gasteiger partial charge in [-0.05, 0) is 41.8 Å². The molecule has 1 N–H and O–H groups in total. The zero-order valence-electron chi connectivity index (χ0n) is 18.2. The molecule has 0 aliphatic rings. The number of aromatic nitrogens is 3. The second-order valence-electron chi connectivity index (χ2n) is 7.88. The van der Waals surface area contributed by atoms with Crippen molar-refractivity contribution < 1.29 is 9.21 Å². The second-order valence-corrected chi connectivity index (χ2v) is 9.75.